The second kappa shape index (κ2) is 5.28. The number of hydrogen-bond donors (Lipinski definition) is 1. The molecule has 0 aromatic heterocycles. The van der Waals surface area contributed by atoms with Gasteiger partial charge in [0.1, 0.15) is 0 Å². The molecule has 1 fully saturated rings. The molecule has 0 spiro atoms. The lowest BCUT2D eigenvalue weighted by Crippen LogP contribution is -2.40. The molecule has 1 aromatic rings. The van der Waals surface area contributed by atoms with E-state index in [1.165, 1.54) is 5.56 Å². The molecule has 1 aromatic carbocycles. The molecule has 0 bridgehead atoms. The van der Waals surface area contributed by atoms with Crippen molar-refractivity contribution in [2.24, 2.45) is 5.73 Å². The highest BCUT2D eigenvalue weighted by molar-refractivity contribution is 7.91. The molecule has 0 radical (unpaired) electrons. The van der Waals surface area contributed by atoms with E-state index in [0.717, 1.165) is 12.1 Å². The summed E-state index contributed by atoms with van der Waals surface area (Å²) < 4.78 is 22.7. The fraction of sp³-hybridized carbons (Fsp3) is 0.538. The number of sulfone groups is 1. The molecule has 1 unspecified atom stereocenters. The quantitative estimate of drug-likeness (QED) is 0.881. The molecule has 2 N–H and O–H groups in total. The fourth-order valence-corrected chi connectivity index (χ4v) is 3.39. The summed E-state index contributed by atoms with van der Waals surface area (Å²) in [5.41, 5.74) is 8.07. The van der Waals surface area contributed by atoms with Gasteiger partial charge in [0.15, 0.2) is 9.84 Å². The molecule has 0 saturated carbocycles. The topological polar surface area (TPSA) is 63.4 Å². The smallest absolute Gasteiger partial charge is 0.153 e. The molecule has 5 heteroatoms. The molecule has 18 heavy (non-hydrogen) atoms. The van der Waals surface area contributed by atoms with E-state index in [1.807, 2.05) is 6.92 Å². The molecule has 1 aliphatic heterocycles. The van der Waals surface area contributed by atoms with Crippen molar-refractivity contribution in [3.63, 3.8) is 0 Å². The Morgan fingerprint density at radius 2 is 1.78 bits per heavy atom. The van der Waals surface area contributed by atoms with Gasteiger partial charge in [-0.15, -0.1) is 0 Å². The summed E-state index contributed by atoms with van der Waals surface area (Å²) in [6.07, 6.45) is 0.870. The monoisotopic (exact) mass is 268 g/mol. The normalized spacial score (nSPS) is 20.7. The SMILES string of the molecule is CC(N)Cc1ccc(N2CCS(=O)(=O)CC2)cc1. The average Bonchev–Trinajstić information content (AvgIpc) is 2.30. The van der Waals surface area contributed by atoms with Crippen molar-refractivity contribution in [2.45, 2.75) is 19.4 Å². The van der Waals surface area contributed by atoms with E-state index >= 15 is 0 Å². The maximum absolute atomic E-state index is 11.4. The first-order chi connectivity index (χ1) is 8.46. The van der Waals surface area contributed by atoms with Crippen LogP contribution in [-0.4, -0.2) is 39.1 Å². The van der Waals surface area contributed by atoms with Crippen molar-refractivity contribution in [3.8, 4) is 0 Å². The van der Waals surface area contributed by atoms with Crippen LogP contribution in [0.5, 0.6) is 0 Å². The Morgan fingerprint density at radius 3 is 2.28 bits per heavy atom. The van der Waals surface area contributed by atoms with Crippen LogP contribution in [0.15, 0.2) is 24.3 Å². The largest absolute Gasteiger partial charge is 0.369 e. The lowest BCUT2D eigenvalue weighted by molar-refractivity contribution is 0.587. The zero-order valence-electron chi connectivity index (χ0n) is 10.7. The highest BCUT2D eigenvalue weighted by atomic mass is 32.2. The Labute approximate surface area is 109 Å². The van der Waals surface area contributed by atoms with Crippen molar-refractivity contribution >= 4 is 15.5 Å². The van der Waals surface area contributed by atoms with Crippen LogP contribution >= 0.6 is 0 Å². The number of benzene rings is 1. The van der Waals surface area contributed by atoms with Gasteiger partial charge >= 0.3 is 0 Å². The van der Waals surface area contributed by atoms with Crippen LogP contribution in [0.25, 0.3) is 0 Å². The van der Waals surface area contributed by atoms with Gasteiger partial charge in [-0.3, -0.25) is 0 Å². The Morgan fingerprint density at radius 1 is 1.22 bits per heavy atom. The van der Waals surface area contributed by atoms with E-state index in [4.69, 9.17) is 5.73 Å². The maximum Gasteiger partial charge on any atom is 0.153 e. The first-order valence-electron chi connectivity index (χ1n) is 6.26. The summed E-state index contributed by atoms with van der Waals surface area (Å²) in [6.45, 7) is 3.17. The van der Waals surface area contributed by atoms with Crippen LogP contribution < -0.4 is 10.6 Å². The first-order valence-corrected chi connectivity index (χ1v) is 8.08. The Kier molecular flexibility index (Phi) is 3.92. The third kappa shape index (κ3) is 3.46. The molecule has 0 aliphatic carbocycles. The van der Waals surface area contributed by atoms with Crippen LogP contribution in [-0.2, 0) is 16.3 Å². The summed E-state index contributed by atoms with van der Waals surface area (Å²) in [4.78, 5) is 2.12. The van der Waals surface area contributed by atoms with Crippen molar-refractivity contribution in [2.75, 3.05) is 29.5 Å². The predicted molar refractivity (Wildman–Crippen MR) is 74.7 cm³/mol. The maximum atomic E-state index is 11.4. The Hall–Kier alpha value is -1.07. The van der Waals surface area contributed by atoms with Gasteiger partial charge in [-0.1, -0.05) is 12.1 Å². The zero-order valence-corrected chi connectivity index (χ0v) is 11.5. The minimum Gasteiger partial charge on any atom is -0.369 e. The number of nitrogens with two attached hydrogens (primary N) is 1. The highest BCUT2D eigenvalue weighted by Crippen LogP contribution is 2.18. The third-order valence-corrected chi connectivity index (χ3v) is 4.81. The highest BCUT2D eigenvalue weighted by Gasteiger charge is 2.21. The summed E-state index contributed by atoms with van der Waals surface area (Å²) in [5, 5.41) is 0. The Balaban J connectivity index is 2.02. The first kappa shape index (κ1) is 13.4. The van der Waals surface area contributed by atoms with Gasteiger partial charge in [0.2, 0.25) is 0 Å². The van der Waals surface area contributed by atoms with E-state index in [0.29, 0.717) is 13.1 Å². The summed E-state index contributed by atoms with van der Waals surface area (Å²) in [5.74, 6) is 0.517. The van der Waals surface area contributed by atoms with Gasteiger partial charge in [-0.25, -0.2) is 8.42 Å². The molecule has 100 valence electrons. The van der Waals surface area contributed by atoms with Gasteiger partial charge in [-0.05, 0) is 31.0 Å². The zero-order chi connectivity index (χ0) is 13.2. The van der Waals surface area contributed by atoms with Crippen molar-refractivity contribution < 1.29 is 8.42 Å². The summed E-state index contributed by atoms with van der Waals surface area (Å²) in [6, 6.07) is 8.41. The average molecular weight is 268 g/mol. The number of rotatable bonds is 3. The Bertz CT molecular complexity index is 480. The molecular weight excluding hydrogens is 248 g/mol. The van der Waals surface area contributed by atoms with E-state index in [2.05, 4.69) is 29.2 Å². The second-order valence-corrected chi connectivity index (χ2v) is 7.29. The molecule has 1 atom stereocenters. The van der Waals surface area contributed by atoms with E-state index in [-0.39, 0.29) is 17.5 Å². The minimum atomic E-state index is -2.81. The number of nitrogens with zero attached hydrogens (tertiary/aromatic N) is 1. The summed E-state index contributed by atoms with van der Waals surface area (Å²) >= 11 is 0. The van der Waals surface area contributed by atoms with Crippen LogP contribution in [0.2, 0.25) is 0 Å². The van der Waals surface area contributed by atoms with Gasteiger partial charge in [-0.2, -0.15) is 0 Å². The van der Waals surface area contributed by atoms with Gasteiger partial charge in [0.25, 0.3) is 0 Å². The lowest BCUT2D eigenvalue weighted by atomic mass is 10.1. The van der Waals surface area contributed by atoms with E-state index in [1.54, 1.807) is 0 Å². The molecule has 1 aliphatic rings. The van der Waals surface area contributed by atoms with Crippen molar-refractivity contribution in [1.82, 2.24) is 0 Å². The standard InChI is InChI=1S/C13H20N2O2S/c1-11(14)10-12-2-4-13(5-3-12)15-6-8-18(16,17)9-7-15/h2-5,11H,6-10,14H2,1H3. The van der Waals surface area contributed by atoms with Crippen LogP contribution in [0, 0.1) is 0 Å². The minimum absolute atomic E-state index is 0.163. The molecular formula is C13H20N2O2S. The molecule has 1 saturated heterocycles. The van der Waals surface area contributed by atoms with E-state index < -0.39 is 9.84 Å². The van der Waals surface area contributed by atoms with Gasteiger partial charge < -0.3 is 10.6 Å². The van der Waals surface area contributed by atoms with E-state index in [9.17, 15) is 8.42 Å². The lowest BCUT2D eigenvalue weighted by Gasteiger charge is -2.28. The van der Waals surface area contributed by atoms with Crippen LogP contribution in [0.1, 0.15) is 12.5 Å². The molecule has 4 nitrogen and oxygen atoms in total. The number of hydrogen-bond acceptors (Lipinski definition) is 4. The van der Waals surface area contributed by atoms with Crippen molar-refractivity contribution in [1.29, 1.82) is 0 Å². The van der Waals surface area contributed by atoms with Crippen LogP contribution in [0.4, 0.5) is 5.69 Å². The fourth-order valence-electron chi connectivity index (χ4n) is 2.19. The third-order valence-electron chi connectivity index (χ3n) is 3.20. The van der Waals surface area contributed by atoms with Gasteiger partial charge in [0.05, 0.1) is 11.5 Å². The molecule has 0 amide bonds. The molecule has 2 rings (SSSR count). The second-order valence-electron chi connectivity index (χ2n) is 4.99. The van der Waals surface area contributed by atoms with Crippen molar-refractivity contribution in [3.05, 3.63) is 29.8 Å². The van der Waals surface area contributed by atoms with Gasteiger partial charge in [0, 0.05) is 24.8 Å². The molecule has 1 heterocycles. The predicted octanol–water partition coefficient (Wildman–Crippen LogP) is 0.811. The summed E-state index contributed by atoms with van der Waals surface area (Å²) in [7, 11) is -2.81. The van der Waals surface area contributed by atoms with Crippen LogP contribution in [0.3, 0.4) is 0 Å². The number of anilines is 1.